The maximum atomic E-state index is 14.2. The lowest BCUT2D eigenvalue weighted by Crippen LogP contribution is -2.26. The molecule has 0 unspecified atom stereocenters. The first-order valence-corrected chi connectivity index (χ1v) is 14.2. The van der Waals surface area contributed by atoms with Gasteiger partial charge in [-0.25, -0.2) is 23.7 Å². The van der Waals surface area contributed by atoms with Crippen molar-refractivity contribution >= 4 is 28.9 Å². The van der Waals surface area contributed by atoms with Gasteiger partial charge in [0, 0.05) is 42.4 Å². The summed E-state index contributed by atoms with van der Waals surface area (Å²) in [6, 6.07) is 24.2. The van der Waals surface area contributed by atoms with Crippen LogP contribution in [0.5, 0.6) is 0 Å². The zero-order valence-corrected chi connectivity index (χ0v) is 23.8. The SMILES string of the molecule is CN1CCc2ccc(Nc3nccc(-c4c(-c5cccc(NC(=O)c6c(F)cccc6F)c5)nc5ccccn45)n3)cc2C1. The summed E-state index contributed by atoms with van der Waals surface area (Å²) >= 11 is 0. The molecule has 3 aromatic carbocycles. The number of rotatable bonds is 6. The van der Waals surface area contributed by atoms with Crippen LogP contribution in [0.2, 0.25) is 0 Å². The van der Waals surface area contributed by atoms with Crippen LogP contribution in [0.15, 0.2) is 97.3 Å². The summed E-state index contributed by atoms with van der Waals surface area (Å²) in [5.41, 5.74) is 6.63. The average Bonchev–Trinajstić information content (AvgIpc) is 3.41. The van der Waals surface area contributed by atoms with Crippen LogP contribution in [0.3, 0.4) is 0 Å². The minimum absolute atomic E-state index is 0.362. The molecule has 0 fully saturated rings. The Bertz CT molecular complexity index is 2020. The molecule has 0 aliphatic carbocycles. The van der Waals surface area contributed by atoms with Gasteiger partial charge in [0.25, 0.3) is 5.91 Å². The number of anilines is 3. The third-order valence-electron chi connectivity index (χ3n) is 7.68. The summed E-state index contributed by atoms with van der Waals surface area (Å²) in [5.74, 6) is -2.31. The molecule has 1 amide bonds. The Morgan fingerprint density at radius 2 is 1.70 bits per heavy atom. The minimum atomic E-state index is -0.933. The monoisotopic (exact) mass is 587 g/mol. The summed E-state index contributed by atoms with van der Waals surface area (Å²) in [5, 5.41) is 5.97. The van der Waals surface area contributed by atoms with Gasteiger partial charge in [-0.1, -0.05) is 30.3 Å². The van der Waals surface area contributed by atoms with E-state index in [1.54, 1.807) is 24.4 Å². The molecule has 10 heteroatoms. The van der Waals surface area contributed by atoms with Gasteiger partial charge in [0.1, 0.15) is 22.8 Å². The van der Waals surface area contributed by atoms with Crippen molar-refractivity contribution in [3.8, 4) is 22.6 Å². The number of hydrogen-bond donors (Lipinski definition) is 2. The predicted molar refractivity (Wildman–Crippen MR) is 166 cm³/mol. The highest BCUT2D eigenvalue weighted by Gasteiger charge is 2.20. The van der Waals surface area contributed by atoms with Crippen LogP contribution in [0.25, 0.3) is 28.3 Å². The van der Waals surface area contributed by atoms with Gasteiger partial charge < -0.3 is 15.5 Å². The first-order chi connectivity index (χ1) is 21.4. The number of halogens is 2. The molecule has 2 N–H and O–H groups in total. The maximum Gasteiger partial charge on any atom is 0.261 e. The number of carbonyl (C=O) groups is 1. The molecule has 218 valence electrons. The summed E-state index contributed by atoms with van der Waals surface area (Å²) in [7, 11) is 2.12. The Morgan fingerprint density at radius 1 is 0.864 bits per heavy atom. The fourth-order valence-corrected chi connectivity index (χ4v) is 5.55. The van der Waals surface area contributed by atoms with E-state index >= 15 is 0 Å². The van der Waals surface area contributed by atoms with E-state index in [9.17, 15) is 13.6 Å². The lowest BCUT2D eigenvalue weighted by Gasteiger charge is -2.25. The summed E-state index contributed by atoms with van der Waals surface area (Å²) < 4.78 is 30.4. The summed E-state index contributed by atoms with van der Waals surface area (Å²) in [4.78, 5) is 29.3. The summed E-state index contributed by atoms with van der Waals surface area (Å²) in [6.45, 7) is 1.94. The van der Waals surface area contributed by atoms with Gasteiger partial charge in [0.2, 0.25) is 5.95 Å². The highest BCUT2D eigenvalue weighted by atomic mass is 19.1. The molecule has 7 rings (SSSR count). The smallest absolute Gasteiger partial charge is 0.261 e. The van der Waals surface area contributed by atoms with Crippen LogP contribution in [0.1, 0.15) is 21.5 Å². The first-order valence-electron chi connectivity index (χ1n) is 14.2. The molecule has 0 saturated heterocycles. The van der Waals surface area contributed by atoms with E-state index < -0.39 is 23.1 Å². The second kappa shape index (κ2) is 11.3. The Balaban J connectivity index is 1.24. The van der Waals surface area contributed by atoms with E-state index in [1.807, 2.05) is 47.0 Å². The van der Waals surface area contributed by atoms with Crippen molar-refractivity contribution in [1.29, 1.82) is 0 Å². The van der Waals surface area contributed by atoms with Gasteiger partial charge in [-0.05, 0) is 79.2 Å². The molecule has 4 heterocycles. The van der Waals surface area contributed by atoms with Crippen LogP contribution >= 0.6 is 0 Å². The Hall–Kier alpha value is -5.48. The quantitative estimate of drug-likeness (QED) is 0.225. The van der Waals surface area contributed by atoms with E-state index in [2.05, 4.69) is 39.7 Å². The van der Waals surface area contributed by atoms with Gasteiger partial charge in [0.05, 0.1) is 17.1 Å². The minimum Gasteiger partial charge on any atom is -0.324 e. The highest BCUT2D eigenvalue weighted by Crippen LogP contribution is 2.34. The van der Waals surface area contributed by atoms with E-state index in [0.29, 0.717) is 34.2 Å². The zero-order chi connectivity index (χ0) is 30.2. The van der Waals surface area contributed by atoms with Crippen molar-refractivity contribution in [3.63, 3.8) is 0 Å². The fourth-order valence-electron chi connectivity index (χ4n) is 5.55. The molecule has 1 aliphatic rings. The van der Waals surface area contributed by atoms with E-state index in [0.717, 1.165) is 43.0 Å². The second-order valence-electron chi connectivity index (χ2n) is 10.7. The molecule has 44 heavy (non-hydrogen) atoms. The van der Waals surface area contributed by atoms with Gasteiger partial charge in [0.15, 0.2) is 0 Å². The molecule has 0 spiro atoms. The number of imidazole rings is 1. The first kappa shape index (κ1) is 27.4. The second-order valence-corrected chi connectivity index (χ2v) is 10.7. The summed E-state index contributed by atoms with van der Waals surface area (Å²) in [6.07, 6.45) is 4.63. The van der Waals surface area contributed by atoms with E-state index in [4.69, 9.17) is 9.97 Å². The van der Waals surface area contributed by atoms with Crippen molar-refractivity contribution in [2.75, 3.05) is 24.2 Å². The number of nitrogens with one attached hydrogen (secondary N) is 2. The van der Waals surface area contributed by atoms with Crippen LogP contribution < -0.4 is 10.6 Å². The normalized spacial score (nSPS) is 13.1. The molecule has 1 aliphatic heterocycles. The molecule has 0 radical (unpaired) electrons. The number of pyridine rings is 1. The number of carbonyl (C=O) groups excluding carboxylic acids is 1. The average molecular weight is 588 g/mol. The van der Waals surface area contributed by atoms with Gasteiger partial charge in [-0.3, -0.25) is 9.20 Å². The molecule has 3 aromatic heterocycles. The molecule has 0 atom stereocenters. The number of hydrogen-bond acceptors (Lipinski definition) is 6. The molecule has 6 aromatic rings. The standard InChI is InChI=1S/C34H27F2N7O/c1-42-17-14-21-11-12-25(19-23(21)20-42)39-34-37-15-13-28(40-34)32-31(41-29-10-2-3-16-43(29)32)22-6-4-7-24(18-22)38-33(44)30-26(35)8-5-9-27(30)36/h2-13,15-16,18-19H,14,17,20H2,1H3,(H,38,44)(H,37,39,40). The van der Waals surface area contributed by atoms with E-state index in [-0.39, 0.29) is 0 Å². The van der Waals surface area contributed by atoms with Crippen LogP contribution in [-0.4, -0.2) is 43.8 Å². The largest absolute Gasteiger partial charge is 0.324 e. The Kier molecular flexibility index (Phi) is 7.03. The van der Waals surface area contributed by atoms with Crippen LogP contribution in [0.4, 0.5) is 26.1 Å². The molecule has 0 saturated carbocycles. The van der Waals surface area contributed by atoms with Crippen molar-refractivity contribution in [2.24, 2.45) is 0 Å². The topological polar surface area (TPSA) is 87.5 Å². The number of nitrogens with zero attached hydrogens (tertiary/aromatic N) is 5. The highest BCUT2D eigenvalue weighted by molar-refractivity contribution is 6.05. The van der Waals surface area contributed by atoms with E-state index in [1.165, 1.54) is 17.2 Å². The number of benzene rings is 3. The van der Waals surface area contributed by atoms with Crippen molar-refractivity contribution < 1.29 is 13.6 Å². The van der Waals surface area contributed by atoms with Crippen LogP contribution in [0, 0.1) is 11.6 Å². The third kappa shape index (κ3) is 5.27. The van der Waals surface area contributed by atoms with Gasteiger partial charge in [-0.15, -0.1) is 0 Å². The molecular formula is C34H27F2N7O. The lowest BCUT2D eigenvalue weighted by molar-refractivity contribution is 0.101. The Labute approximate surface area is 252 Å². The molecule has 8 nitrogen and oxygen atoms in total. The molecule has 0 bridgehead atoms. The number of amides is 1. The van der Waals surface area contributed by atoms with Crippen molar-refractivity contribution in [2.45, 2.75) is 13.0 Å². The number of aromatic nitrogens is 4. The van der Waals surface area contributed by atoms with Crippen LogP contribution in [-0.2, 0) is 13.0 Å². The number of fused-ring (bicyclic) bond motifs is 2. The van der Waals surface area contributed by atoms with Gasteiger partial charge >= 0.3 is 0 Å². The van der Waals surface area contributed by atoms with Crippen molar-refractivity contribution in [1.82, 2.24) is 24.3 Å². The molecular weight excluding hydrogens is 560 g/mol. The maximum absolute atomic E-state index is 14.2. The number of likely N-dealkylation sites (N-methyl/N-ethyl adjacent to an activating group) is 1. The zero-order valence-electron chi connectivity index (χ0n) is 23.8. The predicted octanol–water partition coefficient (Wildman–Crippen LogP) is 6.72. The lowest BCUT2D eigenvalue weighted by atomic mass is 9.99. The van der Waals surface area contributed by atoms with Gasteiger partial charge in [-0.2, -0.15) is 0 Å². The van der Waals surface area contributed by atoms with Crippen molar-refractivity contribution in [3.05, 3.63) is 126 Å². The fraction of sp³-hybridized carbons (Fsp3) is 0.118. The Morgan fingerprint density at radius 3 is 2.57 bits per heavy atom. The third-order valence-corrected chi connectivity index (χ3v) is 7.68.